The Kier molecular flexibility index (Phi) is 4.06. The van der Waals surface area contributed by atoms with E-state index in [4.69, 9.17) is 4.74 Å². The zero-order valence-corrected chi connectivity index (χ0v) is 11.0. The Labute approximate surface area is 105 Å². The number of piperidine rings is 1. The van der Waals surface area contributed by atoms with Crippen LogP contribution in [0.4, 0.5) is 0 Å². The summed E-state index contributed by atoms with van der Waals surface area (Å²) in [7, 11) is 0. The molecule has 1 aromatic rings. The standard InChI is InChI=1S/C15H23NO/c1-15(2)8-10-16(11-9-15)12-13-17-14-6-4-3-5-7-14/h3-7H,8-13H2,1-2H3. The van der Waals surface area contributed by atoms with Crippen molar-refractivity contribution in [1.29, 1.82) is 0 Å². The smallest absolute Gasteiger partial charge is 0.119 e. The molecular weight excluding hydrogens is 210 g/mol. The van der Waals surface area contributed by atoms with E-state index in [-0.39, 0.29) is 0 Å². The first-order valence-corrected chi connectivity index (χ1v) is 6.56. The summed E-state index contributed by atoms with van der Waals surface area (Å²) in [6.07, 6.45) is 2.61. The highest BCUT2D eigenvalue weighted by Gasteiger charge is 2.24. The molecule has 2 rings (SSSR count). The second kappa shape index (κ2) is 5.54. The predicted molar refractivity (Wildman–Crippen MR) is 71.4 cm³/mol. The van der Waals surface area contributed by atoms with Crippen LogP contribution < -0.4 is 4.74 Å². The highest BCUT2D eigenvalue weighted by atomic mass is 16.5. The van der Waals surface area contributed by atoms with Crippen molar-refractivity contribution in [3.8, 4) is 5.75 Å². The molecule has 1 fully saturated rings. The number of para-hydroxylation sites is 1. The fraction of sp³-hybridized carbons (Fsp3) is 0.600. The summed E-state index contributed by atoms with van der Waals surface area (Å²) in [5, 5.41) is 0. The van der Waals surface area contributed by atoms with Crippen LogP contribution in [0.25, 0.3) is 0 Å². The maximum atomic E-state index is 5.72. The first-order valence-electron chi connectivity index (χ1n) is 6.56. The molecule has 1 aliphatic rings. The SMILES string of the molecule is CC1(C)CCN(CCOc2ccccc2)CC1. The van der Waals surface area contributed by atoms with Crippen molar-refractivity contribution in [3.63, 3.8) is 0 Å². The molecule has 1 saturated heterocycles. The van der Waals surface area contributed by atoms with E-state index < -0.39 is 0 Å². The zero-order valence-electron chi connectivity index (χ0n) is 11.0. The number of rotatable bonds is 4. The van der Waals surface area contributed by atoms with Gasteiger partial charge in [-0.2, -0.15) is 0 Å². The Hall–Kier alpha value is -1.02. The lowest BCUT2D eigenvalue weighted by molar-refractivity contribution is 0.116. The van der Waals surface area contributed by atoms with Gasteiger partial charge in [0.25, 0.3) is 0 Å². The quantitative estimate of drug-likeness (QED) is 0.792. The summed E-state index contributed by atoms with van der Waals surface area (Å²) in [6, 6.07) is 10.1. The summed E-state index contributed by atoms with van der Waals surface area (Å²) < 4.78 is 5.72. The first-order chi connectivity index (χ1) is 8.16. The molecule has 1 aliphatic heterocycles. The number of likely N-dealkylation sites (tertiary alicyclic amines) is 1. The van der Waals surface area contributed by atoms with Gasteiger partial charge in [-0.05, 0) is 43.5 Å². The van der Waals surface area contributed by atoms with E-state index in [0.29, 0.717) is 5.41 Å². The topological polar surface area (TPSA) is 12.5 Å². The third-order valence-electron chi connectivity index (χ3n) is 3.63. The van der Waals surface area contributed by atoms with Gasteiger partial charge in [0.2, 0.25) is 0 Å². The van der Waals surface area contributed by atoms with Crippen LogP contribution in [0.3, 0.4) is 0 Å². The maximum Gasteiger partial charge on any atom is 0.119 e. The van der Waals surface area contributed by atoms with Crippen LogP contribution in [0.15, 0.2) is 30.3 Å². The summed E-state index contributed by atoms with van der Waals surface area (Å²) in [6.45, 7) is 9.00. The molecule has 0 aliphatic carbocycles. The van der Waals surface area contributed by atoms with Crippen molar-refractivity contribution in [2.75, 3.05) is 26.2 Å². The number of ether oxygens (including phenoxy) is 1. The van der Waals surface area contributed by atoms with Crippen LogP contribution in [-0.2, 0) is 0 Å². The van der Waals surface area contributed by atoms with Crippen LogP contribution in [0.1, 0.15) is 26.7 Å². The molecule has 0 spiro atoms. The van der Waals surface area contributed by atoms with Crippen molar-refractivity contribution < 1.29 is 4.74 Å². The number of nitrogens with zero attached hydrogens (tertiary/aromatic N) is 1. The van der Waals surface area contributed by atoms with Crippen LogP contribution in [0, 0.1) is 5.41 Å². The molecular formula is C15H23NO. The van der Waals surface area contributed by atoms with Crippen molar-refractivity contribution in [2.45, 2.75) is 26.7 Å². The van der Waals surface area contributed by atoms with Gasteiger partial charge in [0, 0.05) is 6.54 Å². The van der Waals surface area contributed by atoms with Crippen LogP contribution in [-0.4, -0.2) is 31.1 Å². The monoisotopic (exact) mass is 233 g/mol. The number of hydrogen-bond acceptors (Lipinski definition) is 2. The van der Waals surface area contributed by atoms with E-state index in [2.05, 4.69) is 18.7 Å². The Morgan fingerprint density at radius 3 is 2.41 bits per heavy atom. The molecule has 0 bridgehead atoms. The van der Waals surface area contributed by atoms with Gasteiger partial charge in [-0.15, -0.1) is 0 Å². The van der Waals surface area contributed by atoms with Gasteiger partial charge in [0.1, 0.15) is 12.4 Å². The zero-order chi connectivity index (χ0) is 12.1. The fourth-order valence-electron chi connectivity index (χ4n) is 2.19. The summed E-state index contributed by atoms with van der Waals surface area (Å²) in [5.74, 6) is 0.977. The van der Waals surface area contributed by atoms with Gasteiger partial charge in [0.05, 0.1) is 0 Å². The van der Waals surface area contributed by atoms with E-state index in [1.165, 1.54) is 25.9 Å². The van der Waals surface area contributed by atoms with Gasteiger partial charge in [-0.1, -0.05) is 32.0 Å². The maximum absolute atomic E-state index is 5.72. The molecule has 0 radical (unpaired) electrons. The molecule has 0 unspecified atom stereocenters. The minimum atomic E-state index is 0.538. The Balaban J connectivity index is 1.67. The van der Waals surface area contributed by atoms with Gasteiger partial charge in [-0.3, -0.25) is 4.90 Å². The number of benzene rings is 1. The highest BCUT2D eigenvalue weighted by Crippen LogP contribution is 2.29. The molecule has 1 aromatic carbocycles. The second-order valence-electron chi connectivity index (χ2n) is 5.67. The predicted octanol–water partition coefficient (Wildman–Crippen LogP) is 3.19. The first kappa shape index (κ1) is 12.4. The average Bonchev–Trinajstić information content (AvgIpc) is 2.33. The highest BCUT2D eigenvalue weighted by molar-refractivity contribution is 5.20. The molecule has 1 heterocycles. The van der Waals surface area contributed by atoms with E-state index in [1.54, 1.807) is 0 Å². The van der Waals surface area contributed by atoms with E-state index in [9.17, 15) is 0 Å². The molecule has 2 nitrogen and oxygen atoms in total. The van der Waals surface area contributed by atoms with E-state index >= 15 is 0 Å². The Morgan fingerprint density at radius 1 is 1.12 bits per heavy atom. The third-order valence-corrected chi connectivity index (χ3v) is 3.63. The molecule has 94 valence electrons. The minimum absolute atomic E-state index is 0.538. The number of hydrogen-bond donors (Lipinski definition) is 0. The third kappa shape index (κ3) is 4.04. The van der Waals surface area contributed by atoms with Crippen molar-refractivity contribution in [2.24, 2.45) is 5.41 Å². The largest absolute Gasteiger partial charge is 0.492 e. The lowest BCUT2D eigenvalue weighted by Gasteiger charge is -2.36. The van der Waals surface area contributed by atoms with Gasteiger partial charge >= 0.3 is 0 Å². The van der Waals surface area contributed by atoms with Crippen LogP contribution >= 0.6 is 0 Å². The molecule has 0 atom stereocenters. The second-order valence-corrected chi connectivity index (χ2v) is 5.67. The fourth-order valence-corrected chi connectivity index (χ4v) is 2.19. The molecule has 0 aromatic heterocycles. The Bertz CT molecular complexity index is 324. The van der Waals surface area contributed by atoms with Crippen molar-refractivity contribution in [1.82, 2.24) is 4.90 Å². The lowest BCUT2D eigenvalue weighted by Crippen LogP contribution is -2.39. The van der Waals surface area contributed by atoms with Crippen LogP contribution in [0.2, 0.25) is 0 Å². The minimum Gasteiger partial charge on any atom is -0.492 e. The molecule has 17 heavy (non-hydrogen) atoms. The average molecular weight is 233 g/mol. The Morgan fingerprint density at radius 2 is 1.76 bits per heavy atom. The van der Waals surface area contributed by atoms with Gasteiger partial charge in [0.15, 0.2) is 0 Å². The lowest BCUT2D eigenvalue weighted by atomic mass is 9.83. The van der Waals surface area contributed by atoms with E-state index in [0.717, 1.165) is 18.9 Å². The van der Waals surface area contributed by atoms with Crippen molar-refractivity contribution >= 4 is 0 Å². The molecule has 0 amide bonds. The van der Waals surface area contributed by atoms with Gasteiger partial charge < -0.3 is 4.74 Å². The van der Waals surface area contributed by atoms with Crippen molar-refractivity contribution in [3.05, 3.63) is 30.3 Å². The molecule has 0 N–H and O–H groups in total. The summed E-state index contributed by atoms with van der Waals surface area (Å²) >= 11 is 0. The summed E-state index contributed by atoms with van der Waals surface area (Å²) in [4.78, 5) is 2.51. The summed E-state index contributed by atoms with van der Waals surface area (Å²) in [5.41, 5.74) is 0.538. The molecule has 2 heteroatoms. The van der Waals surface area contributed by atoms with E-state index in [1.807, 2.05) is 30.3 Å². The molecule has 0 saturated carbocycles. The normalized spacial score (nSPS) is 20.1. The van der Waals surface area contributed by atoms with Crippen LogP contribution in [0.5, 0.6) is 5.75 Å². The van der Waals surface area contributed by atoms with Gasteiger partial charge in [-0.25, -0.2) is 0 Å².